The Morgan fingerprint density at radius 2 is 1.83 bits per heavy atom. The Kier molecular flexibility index (Phi) is 8.09. The van der Waals surface area contributed by atoms with Gasteiger partial charge in [0.05, 0.1) is 23.8 Å². The molecule has 1 amide bonds. The molecule has 0 radical (unpaired) electrons. The van der Waals surface area contributed by atoms with Crippen LogP contribution in [0.25, 0.3) is 0 Å². The first-order valence-electron chi connectivity index (χ1n) is 11.9. The fraction of sp³-hybridized carbons (Fsp3) is 0.346. The summed E-state index contributed by atoms with van der Waals surface area (Å²) in [5, 5.41) is 2.99. The lowest BCUT2D eigenvalue weighted by atomic mass is 10.1. The van der Waals surface area contributed by atoms with E-state index in [-0.39, 0.29) is 16.8 Å². The first-order valence-corrected chi connectivity index (χ1v) is 13.4. The van der Waals surface area contributed by atoms with Gasteiger partial charge in [0.15, 0.2) is 0 Å². The molecule has 1 aliphatic heterocycles. The molecule has 0 spiro atoms. The Bertz CT molecular complexity index is 1200. The Labute approximate surface area is 206 Å². The van der Waals surface area contributed by atoms with Crippen LogP contribution in [-0.2, 0) is 10.0 Å². The first kappa shape index (κ1) is 24.8. The van der Waals surface area contributed by atoms with Crippen molar-refractivity contribution in [3.8, 4) is 5.75 Å². The standard InChI is InChI=1S/C26H31N3O5S/c1-2-33-22-11-13-23(14-12-22)35(31,32)28-21-9-6-8-20(18-21)26(30)27-19-24(25-10-7-17-34-25)29-15-4-3-5-16-29/h6-14,17-18,24,28H,2-5,15-16,19H2,1H3,(H,27,30). The summed E-state index contributed by atoms with van der Waals surface area (Å²) < 4.78 is 39.2. The second kappa shape index (κ2) is 11.4. The van der Waals surface area contributed by atoms with Gasteiger partial charge in [0.25, 0.3) is 15.9 Å². The number of ether oxygens (including phenoxy) is 1. The van der Waals surface area contributed by atoms with Gasteiger partial charge in [-0.2, -0.15) is 0 Å². The lowest BCUT2D eigenvalue weighted by Crippen LogP contribution is -2.40. The highest BCUT2D eigenvalue weighted by atomic mass is 32.2. The number of likely N-dealkylation sites (tertiary alicyclic amines) is 1. The van der Waals surface area contributed by atoms with Gasteiger partial charge in [0.2, 0.25) is 0 Å². The van der Waals surface area contributed by atoms with Crippen LogP contribution in [0.5, 0.6) is 5.75 Å². The summed E-state index contributed by atoms with van der Waals surface area (Å²) in [6, 6.07) is 16.4. The van der Waals surface area contributed by atoms with E-state index in [1.54, 1.807) is 36.6 Å². The van der Waals surface area contributed by atoms with Crippen LogP contribution in [0.15, 0.2) is 76.2 Å². The highest BCUT2D eigenvalue weighted by Gasteiger charge is 2.25. The average Bonchev–Trinajstić information content (AvgIpc) is 3.40. The molecule has 186 valence electrons. The molecular formula is C26H31N3O5S. The first-order chi connectivity index (χ1) is 17.0. The Balaban J connectivity index is 1.42. The summed E-state index contributed by atoms with van der Waals surface area (Å²) in [6.45, 7) is 4.68. The minimum Gasteiger partial charge on any atom is -0.494 e. The van der Waals surface area contributed by atoms with E-state index in [1.807, 2.05) is 19.1 Å². The second-order valence-electron chi connectivity index (χ2n) is 8.43. The van der Waals surface area contributed by atoms with Crippen LogP contribution in [0, 0.1) is 0 Å². The fourth-order valence-electron chi connectivity index (χ4n) is 4.23. The number of piperidine rings is 1. The number of hydrogen-bond donors (Lipinski definition) is 2. The van der Waals surface area contributed by atoms with Crippen molar-refractivity contribution in [1.82, 2.24) is 10.2 Å². The monoisotopic (exact) mass is 497 g/mol. The molecule has 9 heteroatoms. The highest BCUT2D eigenvalue weighted by molar-refractivity contribution is 7.92. The Hall–Kier alpha value is -3.30. The van der Waals surface area contributed by atoms with Crippen LogP contribution in [0.3, 0.4) is 0 Å². The van der Waals surface area contributed by atoms with E-state index in [0.29, 0.717) is 30.2 Å². The molecular weight excluding hydrogens is 466 g/mol. The number of anilines is 1. The predicted molar refractivity (Wildman–Crippen MR) is 134 cm³/mol. The molecule has 0 bridgehead atoms. The van der Waals surface area contributed by atoms with Crippen molar-refractivity contribution in [2.75, 3.05) is 31.0 Å². The van der Waals surface area contributed by atoms with Crippen LogP contribution < -0.4 is 14.8 Å². The van der Waals surface area contributed by atoms with Crippen molar-refractivity contribution in [3.63, 3.8) is 0 Å². The maximum atomic E-state index is 12.9. The maximum Gasteiger partial charge on any atom is 0.261 e. The summed E-state index contributed by atoms with van der Waals surface area (Å²) >= 11 is 0. The molecule has 2 aromatic carbocycles. The highest BCUT2D eigenvalue weighted by Crippen LogP contribution is 2.25. The number of furan rings is 1. The molecule has 0 aliphatic carbocycles. The van der Waals surface area contributed by atoms with Crippen molar-refractivity contribution in [3.05, 3.63) is 78.3 Å². The quantitative estimate of drug-likeness (QED) is 0.430. The van der Waals surface area contributed by atoms with Crippen LogP contribution >= 0.6 is 0 Å². The molecule has 1 fully saturated rings. The van der Waals surface area contributed by atoms with Crippen molar-refractivity contribution in [2.24, 2.45) is 0 Å². The van der Waals surface area contributed by atoms with E-state index >= 15 is 0 Å². The number of nitrogens with one attached hydrogen (secondary N) is 2. The minimum absolute atomic E-state index is 0.0457. The number of carbonyl (C=O) groups is 1. The summed E-state index contributed by atoms with van der Waals surface area (Å²) in [6.07, 6.45) is 5.12. The van der Waals surface area contributed by atoms with Crippen LogP contribution in [0.2, 0.25) is 0 Å². The van der Waals surface area contributed by atoms with E-state index in [0.717, 1.165) is 31.7 Å². The molecule has 4 rings (SSSR count). The minimum atomic E-state index is -3.81. The van der Waals surface area contributed by atoms with Crippen LogP contribution in [-0.4, -0.2) is 45.5 Å². The summed E-state index contributed by atoms with van der Waals surface area (Å²) in [4.78, 5) is 15.4. The molecule has 3 aromatic rings. The second-order valence-corrected chi connectivity index (χ2v) is 10.1. The lowest BCUT2D eigenvalue weighted by Gasteiger charge is -2.33. The van der Waals surface area contributed by atoms with Crippen molar-refractivity contribution in [2.45, 2.75) is 37.1 Å². The molecule has 2 N–H and O–H groups in total. The number of rotatable bonds is 10. The topological polar surface area (TPSA) is 101 Å². The van der Waals surface area contributed by atoms with Crippen molar-refractivity contribution >= 4 is 21.6 Å². The van der Waals surface area contributed by atoms with Gasteiger partial charge < -0.3 is 14.5 Å². The lowest BCUT2D eigenvalue weighted by molar-refractivity contribution is 0.0914. The predicted octanol–water partition coefficient (Wildman–Crippen LogP) is 4.44. The third kappa shape index (κ3) is 6.43. The molecule has 1 aromatic heterocycles. The van der Waals surface area contributed by atoms with Gasteiger partial charge in [-0.15, -0.1) is 0 Å². The van der Waals surface area contributed by atoms with Gasteiger partial charge in [0, 0.05) is 17.8 Å². The molecule has 1 atom stereocenters. The van der Waals surface area contributed by atoms with Crippen LogP contribution in [0.4, 0.5) is 5.69 Å². The molecule has 1 saturated heterocycles. The van der Waals surface area contributed by atoms with Gasteiger partial charge in [-0.3, -0.25) is 14.4 Å². The molecule has 2 heterocycles. The van der Waals surface area contributed by atoms with Crippen molar-refractivity contribution < 1.29 is 22.4 Å². The van der Waals surface area contributed by atoms with Gasteiger partial charge in [0.1, 0.15) is 11.5 Å². The zero-order valence-corrected chi connectivity index (χ0v) is 20.6. The summed E-state index contributed by atoms with van der Waals surface area (Å²) in [5.74, 6) is 1.15. The van der Waals surface area contributed by atoms with E-state index in [2.05, 4.69) is 14.9 Å². The zero-order chi connectivity index (χ0) is 24.7. The number of sulfonamides is 1. The maximum absolute atomic E-state index is 12.9. The smallest absolute Gasteiger partial charge is 0.261 e. The molecule has 35 heavy (non-hydrogen) atoms. The average molecular weight is 498 g/mol. The van der Waals surface area contributed by atoms with Gasteiger partial charge in [-0.1, -0.05) is 12.5 Å². The molecule has 8 nitrogen and oxygen atoms in total. The third-order valence-corrected chi connectivity index (χ3v) is 7.38. The van der Waals surface area contributed by atoms with Gasteiger partial charge in [-0.25, -0.2) is 8.42 Å². The SMILES string of the molecule is CCOc1ccc(S(=O)(=O)Nc2cccc(C(=O)NCC(c3ccco3)N3CCCCC3)c2)cc1. The number of carbonyl (C=O) groups excluding carboxylic acids is 1. The van der Waals surface area contributed by atoms with Gasteiger partial charge >= 0.3 is 0 Å². The Morgan fingerprint density at radius 1 is 1.06 bits per heavy atom. The van der Waals surface area contributed by atoms with E-state index < -0.39 is 10.0 Å². The number of amides is 1. The summed E-state index contributed by atoms with van der Waals surface area (Å²) in [5.41, 5.74) is 0.680. The molecule has 1 aliphatic rings. The summed E-state index contributed by atoms with van der Waals surface area (Å²) in [7, 11) is -3.81. The molecule has 1 unspecified atom stereocenters. The number of nitrogens with zero attached hydrogens (tertiary/aromatic N) is 1. The van der Waals surface area contributed by atoms with E-state index in [1.165, 1.54) is 24.6 Å². The largest absolute Gasteiger partial charge is 0.494 e. The van der Waals surface area contributed by atoms with Crippen LogP contribution in [0.1, 0.15) is 48.3 Å². The number of hydrogen-bond acceptors (Lipinski definition) is 6. The van der Waals surface area contributed by atoms with E-state index in [4.69, 9.17) is 9.15 Å². The van der Waals surface area contributed by atoms with Crippen molar-refractivity contribution in [1.29, 1.82) is 0 Å². The van der Waals surface area contributed by atoms with Gasteiger partial charge in [-0.05, 0) is 87.5 Å². The zero-order valence-electron chi connectivity index (χ0n) is 19.8. The number of benzene rings is 2. The Morgan fingerprint density at radius 3 is 2.51 bits per heavy atom. The normalized spacial score (nSPS) is 15.3. The van der Waals surface area contributed by atoms with E-state index in [9.17, 15) is 13.2 Å². The molecule has 0 saturated carbocycles. The third-order valence-electron chi connectivity index (χ3n) is 5.98. The fourth-order valence-corrected chi connectivity index (χ4v) is 5.28.